The predicted molar refractivity (Wildman–Crippen MR) is 169 cm³/mol. The van der Waals surface area contributed by atoms with E-state index in [2.05, 4.69) is 16.0 Å². The Morgan fingerprint density at radius 2 is 1.41 bits per heavy atom. The first kappa shape index (κ1) is 29.9. The highest BCUT2D eigenvalue weighted by Crippen LogP contribution is 2.28. The lowest BCUT2D eigenvalue weighted by Gasteiger charge is -2.14. The molecule has 9 heteroatoms. The van der Waals surface area contributed by atoms with Crippen LogP contribution in [0.3, 0.4) is 0 Å². The number of carbonyl (C=O) groups is 3. The van der Waals surface area contributed by atoms with Gasteiger partial charge < -0.3 is 16.0 Å². The van der Waals surface area contributed by atoms with Gasteiger partial charge in [0.05, 0.1) is 5.25 Å². The maximum Gasteiger partial charge on any atom is 0.272 e. The maximum atomic E-state index is 13.3. The van der Waals surface area contributed by atoms with Crippen LogP contribution >= 0.6 is 35.0 Å². The molecule has 0 saturated carbocycles. The average Bonchev–Trinajstić information content (AvgIpc) is 2.97. The molecule has 3 N–H and O–H groups in total. The Bertz CT molecular complexity index is 1570. The van der Waals surface area contributed by atoms with Gasteiger partial charge in [0.1, 0.15) is 5.70 Å². The molecule has 0 aliphatic rings. The molecule has 3 amide bonds. The zero-order valence-corrected chi connectivity index (χ0v) is 24.6. The molecule has 4 rings (SSSR count). The summed E-state index contributed by atoms with van der Waals surface area (Å²) in [5.74, 6) is -1.12. The molecule has 0 radical (unpaired) electrons. The van der Waals surface area contributed by atoms with E-state index in [0.717, 1.165) is 16.1 Å². The quantitative estimate of drug-likeness (QED) is 0.134. The standard InChI is InChI=1S/C32H27Cl2N3O3S/c1-20-9-6-7-14-28(20)36-30(38)21(2)41-24-17-15-23(16-18-24)35-32(40)29(19-25-26(33)12-8-13-27(25)34)37-31(39)22-10-4-3-5-11-22/h3-19,21H,1-2H3,(H,35,40)(H,36,38)(H,37,39)/b29-19-. The number of rotatable bonds is 9. The van der Waals surface area contributed by atoms with Gasteiger partial charge in [0.25, 0.3) is 11.8 Å². The third-order valence-electron chi connectivity index (χ3n) is 6.01. The second kappa shape index (κ2) is 14.0. The van der Waals surface area contributed by atoms with Crippen LogP contribution in [-0.4, -0.2) is 23.0 Å². The minimum Gasteiger partial charge on any atom is -0.325 e. The second-order valence-electron chi connectivity index (χ2n) is 9.06. The third-order valence-corrected chi connectivity index (χ3v) is 7.79. The van der Waals surface area contributed by atoms with Crippen molar-refractivity contribution in [1.29, 1.82) is 0 Å². The van der Waals surface area contributed by atoms with Gasteiger partial charge >= 0.3 is 0 Å². The molecule has 0 aliphatic carbocycles. The minimum absolute atomic E-state index is 0.0335. The van der Waals surface area contributed by atoms with Crippen LogP contribution in [0.15, 0.2) is 108 Å². The van der Waals surface area contributed by atoms with Crippen LogP contribution in [0.5, 0.6) is 0 Å². The molecule has 0 fully saturated rings. The first-order chi connectivity index (χ1) is 19.7. The van der Waals surface area contributed by atoms with Gasteiger partial charge in [-0.3, -0.25) is 14.4 Å². The fraction of sp³-hybridized carbons (Fsp3) is 0.0938. The molecular formula is C32H27Cl2N3O3S. The normalized spacial score (nSPS) is 11.9. The zero-order chi connectivity index (χ0) is 29.4. The van der Waals surface area contributed by atoms with Crippen molar-refractivity contribution in [2.45, 2.75) is 24.0 Å². The largest absolute Gasteiger partial charge is 0.325 e. The molecule has 1 unspecified atom stereocenters. The topological polar surface area (TPSA) is 87.3 Å². The van der Waals surface area contributed by atoms with Crippen LogP contribution in [0.2, 0.25) is 10.0 Å². The Kier molecular flexibility index (Phi) is 10.2. The molecule has 0 saturated heterocycles. The Hall–Kier alpha value is -4.04. The van der Waals surface area contributed by atoms with E-state index in [0.29, 0.717) is 26.9 Å². The number of aryl methyl sites for hydroxylation is 1. The van der Waals surface area contributed by atoms with E-state index in [1.54, 1.807) is 60.7 Å². The van der Waals surface area contributed by atoms with E-state index in [-0.39, 0.29) is 16.9 Å². The van der Waals surface area contributed by atoms with Gasteiger partial charge in [-0.15, -0.1) is 11.8 Å². The summed E-state index contributed by atoms with van der Waals surface area (Å²) in [6.07, 6.45) is 1.44. The number of hydrogen-bond donors (Lipinski definition) is 3. The van der Waals surface area contributed by atoms with Gasteiger partial charge in [-0.25, -0.2) is 0 Å². The van der Waals surface area contributed by atoms with Gasteiger partial charge in [-0.2, -0.15) is 0 Å². The van der Waals surface area contributed by atoms with E-state index >= 15 is 0 Å². The number of benzene rings is 4. The van der Waals surface area contributed by atoms with Crippen molar-refractivity contribution in [3.63, 3.8) is 0 Å². The summed E-state index contributed by atoms with van der Waals surface area (Å²) in [7, 11) is 0. The molecule has 1 atom stereocenters. The Morgan fingerprint density at radius 1 is 0.780 bits per heavy atom. The molecular weight excluding hydrogens is 577 g/mol. The second-order valence-corrected chi connectivity index (χ2v) is 11.3. The van der Waals surface area contributed by atoms with Crippen molar-refractivity contribution in [2.24, 2.45) is 0 Å². The molecule has 4 aromatic rings. The van der Waals surface area contributed by atoms with E-state index in [1.807, 2.05) is 50.2 Å². The minimum atomic E-state index is -0.559. The van der Waals surface area contributed by atoms with Crippen LogP contribution in [-0.2, 0) is 9.59 Å². The smallest absolute Gasteiger partial charge is 0.272 e. The highest BCUT2D eigenvalue weighted by Gasteiger charge is 2.18. The van der Waals surface area contributed by atoms with Crippen LogP contribution in [0.25, 0.3) is 6.08 Å². The molecule has 208 valence electrons. The van der Waals surface area contributed by atoms with Gasteiger partial charge in [-0.05, 0) is 80.1 Å². The van der Waals surface area contributed by atoms with Crippen molar-refractivity contribution in [1.82, 2.24) is 5.32 Å². The molecule has 0 spiro atoms. The summed E-state index contributed by atoms with van der Waals surface area (Å²) in [4.78, 5) is 39.7. The molecule has 0 heterocycles. The van der Waals surface area contributed by atoms with E-state index in [1.165, 1.54) is 17.8 Å². The molecule has 41 heavy (non-hydrogen) atoms. The number of carbonyl (C=O) groups excluding carboxylic acids is 3. The summed E-state index contributed by atoms with van der Waals surface area (Å²) >= 11 is 14.0. The van der Waals surface area contributed by atoms with Crippen molar-refractivity contribution >= 4 is 70.1 Å². The van der Waals surface area contributed by atoms with Crippen molar-refractivity contribution in [3.8, 4) is 0 Å². The summed E-state index contributed by atoms with van der Waals surface area (Å²) in [5, 5.41) is 8.75. The molecule has 4 aromatic carbocycles. The number of hydrogen-bond acceptors (Lipinski definition) is 4. The lowest BCUT2D eigenvalue weighted by molar-refractivity contribution is -0.115. The van der Waals surface area contributed by atoms with E-state index in [4.69, 9.17) is 23.2 Å². The Balaban J connectivity index is 1.47. The first-order valence-electron chi connectivity index (χ1n) is 12.7. The lowest BCUT2D eigenvalue weighted by atomic mass is 10.1. The van der Waals surface area contributed by atoms with Crippen molar-refractivity contribution < 1.29 is 14.4 Å². The number of halogens is 2. The molecule has 6 nitrogen and oxygen atoms in total. The summed E-state index contributed by atoms with van der Waals surface area (Å²) in [5.41, 5.74) is 3.03. The highest BCUT2D eigenvalue weighted by molar-refractivity contribution is 8.00. The SMILES string of the molecule is Cc1ccccc1NC(=O)C(C)Sc1ccc(NC(=O)/C(=C/c2c(Cl)cccc2Cl)NC(=O)c2ccccc2)cc1. The maximum absolute atomic E-state index is 13.3. The molecule has 0 bridgehead atoms. The van der Waals surface area contributed by atoms with Gasteiger partial charge in [0.2, 0.25) is 5.91 Å². The predicted octanol–water partition coefficient (Wildman–Crippen LogP) is 7.83. The summed E-state index contributed by atoms with van der Waals surface area (Å²) in [6, 6.07) is 28.2. The van der Waals surface area contributed by atoms with Crippen LogP contribution in [0.1, 0.15) is 28.4 Å². The van der Waals surface area contributed by atoms with E-state index < -0.39 is 11.8 Å². The molecule has 0 aliphatic heterocycles. The first-order valence-corrected chi connectivity index (χ1v) is 14.3. The van der Waals surface area contributed by atoms with Crippen LogP contribution in [0, 0.1) is 6.92 Å². The van der Waals surface area contributed by atoms with Crippen molar-refractivity contribution in [3.05, 3.63) is 129 Å². The van der Waals surface area contributed by atoms with E-state index in [9.17, 15) is 14.4 Å². The number of thioether (sulfide) groups is 1. The fourth-order valence-electron chi connectivity index (χ4n) is 3.76. The van der Waals surface area contributed by atoms with Gasteiger partial charge in [0, 0.05) is 37.4 Å². The average molecular weight is 605 g/mol. The van der Waals surface area contributed by atoms with Gasteiger partial charge in [0.15, 0.2) is 0 Å². The Labute approximate surface area is 253 Å². The number of para-hydroxylation sites is 1. The fourth-order valence-corrected chi connectivity index (χ4v) is 5.13. The van der Waals surface area contributed by atoms with Crippen LogP contribution in [0.4, 0.5) is 11.4 Å². The van der Waals surface area contributed by atoms with Crippen molar-refractivity contribution in [2.75, 3.05) is 10.6 Å². The number of anilines is 2. The zero-order valence-electron chi connectivity index (χ0n) is 22.3. The summed E-state index contributed by atoms with van der Waals surface area (Å²) in [6.45, 7) is 3.78. The third kappa shape index (κ3) is 8.24. The highest BCUT2D eigenvalue weighted by atomic mass is 35.5. The summed E-state index contributed by atoms with van der Waals surface area (Å²) < 4.78 is 0. The monoisotopic (exact) mass is 603 g/mol. The number of amides is 3. The number of nitrogens with one attached hydrogen (secondary N) is 3. The Morgan fingerprint density at radius 3 is 2.07 bits per heavy atom. The molecule has 0 aromatic heterocycles. The van der Waals surface area contributed by atoms with Crippen LogP contribution < -0.4 is 16.0 Å². The van der Waals surface area contributed by atoms with Gasteiger partial charge in [-0.1, -0.05) is 65.7 Å². The lowest BCUT2D eigenvalue weighted by Crippen LogP contribution is -2.30.